The number of hydrogen-bond donors (Lipinski definition) is 2. The molecule has 1 aliphatic heterocycles. The molecule has 0 atom stereocenters. The number of aromatic nitrogens is 2. The molecule has 0 bridgehead atoms. The minimum Gasteiger partial charge on any atom is -0.353 e. The van der Waals surface area contributed by atoms with Crippen molar-refractivity contribution in [3.05, 3.63) is 45.9 Å². The summed E-state index contributed by atoms with van der Waals surface area (Å²) >= 11 is 0. The van der Waals surface area contributed by atoms with Gasteiger partial charge < -0.3 is 10.6 Å². The summed E-state index contributed by atoms with van der Waals surface area (Å²) in [5.74, 6) is 0.467. The van der Waals surface area contributed by atoms with Crippen molar-refractivity contribution in [2.24, 2.45) is 0 Å². The zero-order valence-corrected chi connectivity index (χ0v) is 15.4. The molecular formula is C17H22N4O3S. The van der Waals surface area contributed by atoms with Crippen LogP contribution in [0.15, 0.2) is 34.0 Å². The molecule has 1 aromatic heterocycles. The standard InChI is InChI=1S/C17H22N4O3S/c1-11(2)19-17-20-15-10-18-9-8-14(15)16(22)21(17)12-4-6-13(7-5-12)25(3,23)24/h4-7,11,18H,8-10H2,1-3H3,(H,19,20). The molecule has 8 heteroatoms. The minimum atomic E-state index is -3.28. The Morgan fingerprint density at radius 2 is 1.92 bits per heavy atom. The average Bonchev–Trinajstić information content (AvgIpc) is 2.54. The molecule has 1 aromatic carbocycles. The third-order valence-electron chi connectivity index (χ3n) is 4.05. The summed E-state index contributed by atoms with van der Waals surface area (Å²) in [4.78, 5) is 17.9. The van der Waals surface area contributed by atoms with Gasteiger partial charge in [-0.15, -0.1) is 0 Å². The molecule has 0 spiro atoms. The largest absolute Gasteiger partial charge is 0.353 e. The van der Waals surface area contributed by atoms with E-state index in [1.807, 2.05) is 13.8 Å². The Hall–Kier alpha value is -2.19. The third kappa shape index (κ3) is 3.59. The first kappa shape index (κ1) is 17.6. The maximum Gasteiger partial charge on any atom is 0.263 e. The van der Waals surface area contributed by atoms with Gasteiger partial charge in [0.05, 0.1) is 16.3 Å². The van der Waals surface area contributed by atoms with Crippen LogP contribution in [0.5, 0.6) is 0 Å². The number of rotatable bonds is 4. The normalized spacial score (nSPS) is 14.4. The van der Waals surface area contributed by atoms with Crippen molar-refractivity contribution in [1.29, 1.82) is 0 Å². The summed E-state index contributed by atoms with van der Waals surface area (Å²) in [5, 5.41) is 6.44. The topological polar surface area (TPSA) is 93.1 Å². The molecule has 25 heavy (non-hydrogen) atoms. The monoisotopic (exact) mass is 362 g/mol. The highest BCUT2D eigenvalue weighted by molar-refractivity contribution is 7.90. The molecule has 3 rings (SSSR count). The second kappa shape index (κ2) is 6.61. The van der Waals surface area contributed by atoms with Gasteiger partial charge in [-0.25, -0.2) is 18.0 Å². The minimum absolute atomic E-state index is 0.100. The molecule has 0 saturated heterocycles. The van der Waals surface area contributed by atoms with E-state index >= 15 is 0 Å². The van der Waals surface area contributed by atoms with Crippen LogP contribution in [0.25, 0.3) is 5.69 Å². The van der Waals surface area contributed by atoms with E-state index < -0.39 is 9.84 Å². The fraction of sp³-hybridized carbons (Fsp3) is 0.412. The van der Waals surface area contributed by atoms with Crippen LogP contribution in [0.4, 0.5) is 5.95 Å². The zero-order valence-electron chi connectivity index (χ0n) is 14.5. The summed E-state index contributed by atoms with van der Waals surface area (Å²) in [7, 11) is -3.28. The van der Waals surface area contributed by atoms with Crippen molar-refractivity contribution >= 4 is 15.8 Å². The van der Waals surface area contributed by atoms with E-state index in [-0.39, 0.29) is 16.5 Å². The molecule has 2 heterocycles. The molecule has 2 N–H and O–H groups in total. The Balaban J connectivity index is 2.18. The van der Waals surface area contributed by atoms with E-state index in [4.69, 9.17) is 0 Å². The van der Waals surface area contributed by atoms with Crippen molar-refractivity contribution in [3.63, 3.8) is 0 Å². The quantitative estimate of drug-likeness (QED) is 0.846. The maximum absolute atomic E-state index is 13.0. The molecular weight excluding hydrogens is 340 g/mol. The van der Waals surface area contributed by atoms with Crippen molar-refractivity contribution in [2.45, 2.75) is 37.8 Å². The van der Waals surface area contributed by atoms with Crippen molar-refractivity contribution in [1.82, 2.24) is 14.9 Å². The second-order valence-electron chi connectivity index (χ2n) is 6.49. The fourth-order valence-corrected chi connectivity index (χ4v) is 3.48. The van der Waals surface area contributed by atoms with Gasteiger partial charge in [-0.1, -0.05) is 0 Å². The van der Waals surface area contributed by atoms with Crippen molar-refractivity contribution in [3.8, 4) is 5.69 Å². The summed E-state index contributed by atoms with van der Waals surface area (Å²) in [6.07, 6.45) is 1.79. The van der Waals surface area contributed by atoms with Gasteiger partial charge in [0.15, 0.2) is 9.84 Å². The van der Waals surface area contributed by atoms with Crippen LogP contribution >= 0.6 is 0 Å². The van der Waals surface area contributed by atoms with Crippen LogP contribution < -0.4 is 16.2 Å². The van der Waals surface area contributed by atoms with Gasteiger partial charge in [0.2, 0.25) is 5.95 Å². The molecule has 0 amide bonds. The number of benzene rings is 1. The zero-order chi connectivity index (χ0) is 18.2. The van der Waals surface area contributed by atoms with Gasteiger partial charge in [0, 0.05) is 24.4 Å². The van der Waals surface area contributed by atoms with E-state index in [2.05, 4.69) is 15.6 Å². The lowest BCUT2D eigenvalue weighted by Crippen LogP contribution is -2.36. The summed E-state index contributed by atoms with van der Waals surface area (Å²) < 4.78 is 24.8. The molecule has 2 aromatic rings. The number of hydrogen-bond acceptors (Lipinski definition) is 6. The van der Waals surface area contributed by atoms with E-state index in [9.17, 15) is 13.2 Å². The van der Waals surface area contributed by atoms with Crippen LogP contribution in [-0.2, 0) is 22.8 Å². The molecule has 0 saturated carbocycles. The smallest absolute Gasteiger partial charge is 0.263 e. The van der Waals surface area contributed by atoms with E-state index in [0.717, 1.165) is 18.5 Å². The average molecular weight is 362 g/mol. The lowest BCUT2D eigenvalue weighted by molar-refractivity contribution is 0.602. The molecule has 134 valence electrons. The van der Waals surface area contributed by atoms with Crippen LogP contribution in [0.1, 0.15) is 25.1 Å². The molecule has 0 fully saturated rings. The number of anilines is 1. The molecule has 0 radical (unpaired) electrons. The molecule has 0 unspecified atom stereocenters. The predicted molar refractivity (Wildman–Crippen MR) is 97.1 cm³/mol. The van der Waals surface area contributed by atoms with Crippen LogP contribution in [0.2, 0.25) is 0 Å². The lowest BCUT2D eigenvalue weighted by Gasteiger charge is -2.22. The van der Waals surface area contributed by atoms with Crippen LogP contribution in [0, 0.1) is 0 Å². The predicted octanol–water partition coefficient (Wildman–Crippen LogP) is 1.10. The van der Waals surface area contributed by atoms with E-state index in [1.165, 1.54) is 16.7 Å². The summed E-state index contributed by atoms with van der Waals surface area (Å²) in [6.45, 7) is 5.26. The first-order valence-corrected chi connectivity index (χ1v) is 10.1. The number of nitrogens with zero attached hydrogens (tertiary/aromatic N) is 2. The first-order chi connectivity index (χ1) is 11.8. The first-order valence-electron chi connectivity index (χ1n) is 8.20. The van der Waals surface area contributed by atoms with Gasteiger partial charge in [0.25, 0.3) is 5.56 Å². The van der Waals surface area contributed by atoms with Gasteiger partial charge in [-0.2, -0.15) is 0 Å². The Morgan fingerprint density at radius 1 is 1.24 bits per heavy atom. The number of sulfone groups is 1. The fourth-order valence-electron chi connectivity index (χ4n) is 2.85. The van der Waals surface area contributed by atoms with Crippen LogP contribution in [0.3, 0.4) is 0 Å². The Kier molecular flexibility index (Phi) is 4.66. The molecule has 1 aliphatic rings. The Labute approximate surface area is 147 Å². The lowest BCUT2D eigenvalue weighted by atomic mass is 10.1. The van der Waals surface area contributed by atoms with E-state index in [0.29, 0.717) is 30.2 Å². The van der Waals surface area contributed by atoms with Gasteiger partial charge in [-0.3, -0.25) is 4.79 Å². The van der Waals surface area contributed by atoms with Crippen molar-refractivity contribution in [2.75, 3.05) is 18.1 Å². The highest BCUT2D eigenvalue weighted by atomic mass is 32.2. The van der Waals surface area contributed by atoms with Crippen LogP contribution in [-0.4, -0.2) is 36.8 Å². The molecule has 7 nitrogen and oxygen atoms in total. The maximum atomic E-state index is 13.0. The summed E-state index contributed by atoms with van der Waals surface area (Å²) in [5.41, 5.74) is 1.96. The second-order valence-corrected chi connectivity index (χ2v) is 8.51. The molecule has 0 aliphatic carbocycles. The SMILES string of the molecule is CC(C)Nc1nc2c(c(=O)n1-c1ccc(S(C)(=O)=O)cc1)CCNC2. The Bertz CT molecular complexity index is 947. The van der Waals surface area contributed by atoms with Gasteiger partial charge in [0.1, 0.15) is 0 Å². The van der Waals surface area contributed by atoms with Crippen molar-refractivity contribution < 1.29 is 8.42 Å². The van der Waals surface area contributed by atoms with Gasteiger partial charge in [-0.05, 0) is 51.1 Å². The number of fused-ring (bicyclic) bond motifs is 1. The highest BCUT2D eigenvalue weighted by Crippen LogP contribution is 2.19. The highest BCUT2D eigenvalue weighted by Gasteiger charge is 2.20. The third-order valence-corrected chi connectivity index (χ3v) is 5.18. The van der Waals surface area contributed by atoms with Gasteiger partial charge >= 0.3 is 0 Å². The number of nitrogens with one attached hydrogen (secondary N) is 2. The van der Waals surface area contributed by atoms with E-state index in [1.54, 1.807) is 12.1 Å². The Morgan fingerprint density at radius 3 is 2.52 bits per heavy atom. The summed E-state index contributed by atoms with van der Waals surface area (Å²) in [6, 6.07) is 6.40.